The van der Waals surface area contributed by atoms with E-state index in [1.54, 1.807) is 0 Å². The average molecular weight is 260 g/mol. The van der Waals surface area contributed by atoms with E-state index < -0.39 is 0 Å². The molecule has 1 aliphatic heterocycles. The van der Waals surface area contributed by atoms with Crippen LogP contribution in [0, 0.1) is 0 Å². The average Bonchev–Trinajstić information content (AvgIpc) is 2.86. The highest BCUT2D eigenvalue weighted by molar-refractivity contribution is 6.33. The summed E-state index contributed by atoms with van der Waals surface area (Å²) in [5, 5.41) is 4.02. The van der Waals surface area contributed by atoms with Gasteiger partial charge in [-0.1, -0.05) is 30.7 Å². The normalized spacial score (nSPS) is 13.7. The van der Waals surface area contributed by atoms with Crippen LogP contribution in [0.15, 0.2) is 24.3 Å². The summed E-state index contributed by atoms with van der Waals surface area (Å²) in [6.45, 7) is 3.82. The zero-order chi connectivity index (χ0) is 12.5. The number of halogens is 1. The van der Waals surface area contributed by atoms with E-state index in [2.05, 4.69) is 22.2 Å². The molecule has 1 aromatic heterocycles. The van der Waals surface area contributed by atoms with Crippen LogP contribution in [0.25, 0.3) is 11.4 Å². The van der Waals surface area contributed by atoms with E-state index in [0.29, 0.717) is 5.02 Å². The molecule has 1 aromatic carbocycles. The fraction of sp³-hybridized carbons (Fsp3) is 0.286. The van der Waals surface area contributed by atoms with Crippen molar-refractivity contribution in [2.24, 2.45) is 0 Å². The second kappa shape index (κ2) is 4.67. The third kappa shape index (κ3) is 1.89. The minimum atomic E-state index is 0.699. The number of hydrogen-bond acceptors (Lipinski definition) is 3. The summed E-state index contributed by atoms with van der Waals surface area (Å²) >= 11 is 6.21. The molecule has 0 spiro atoms. The van der Waals surface area contributed by atoms with Crippen LogP contribution < -0.4 is 5.32 Å². The van der Waals surface area contributed by atoms with Gasteiger partial charge in [0, 0.05) is 29.9 Å². The largest absolute Gasteiger partial charge is 0.307 e. The predicted molar refractivity (Wildman–Crippen MR) is 72.4 cm³/mol. The first-order valence-electron chi connectivity index (χ1n) is 6.14. The summed E-state index contributed by atoms with van der Waals surface area (Å²) in [5.74, 6) is 0.736. The summed E-state index contributed by atoms with van der Waals surface area (Å²) in [5.41, 5.74) is 4.40. The Kier molecular flexibility index (Phi) is 3.02. The molecular formula is C14H14ClN3. The Bertz CT molecular complexity index is 596. The third-order valence-electron chi connectivity index (χ3n) is 3.22. The predicted octanol–water partition coefficient (Wildman–Crippen LogP) is 2.96. The van der Waals surface area contributed by atoms with Gasteiger partial charge in [0.25, 0.3) is 0 Å². The molecule has 4 heteroatoms. The van der Waals surface area contributed by atoms with Crippen molar-refractivity contribution in [3.8, 4) is 11.4 Å². The Morgan fingerprint density at radius 3 is 2.83 bits per heavy atom. The Hall–Kier alpha value is -1.45. The van der Waals surface area contributed by atoms with Crippen LogP contribution >= 0.6 is 11.6 Å². The van der Waals surface area contributed by atoms with Crippen LogP contribution in [0.3, 0.4) is 0 Å². The highest BCUT2D eigenvalue weighted by Crippen LogP contribution is 2.27. The maximum absolute atomic E-state index is 6.21. The molecule has 0 radical (unpaired) electrons. The number of fused-ring (bicyclic) bond motifs is 1. The first-order chi connectivity index (χ1) is 8.79. The van der Waals surface area contributed by atoms with E-state index in [-0.39, 0.29) is 0 Å². The molecule has 2 heterocycles. The van der Waals surface area contributed by atoms with Gasteiger partial charge in [-0.3, -0.25) is 0 Å². The molecule has 0 unspecified atom stereocenters. The van der Waals surface area contributed by atoms with Crippen LogP contribution in [0.1, 0.15) is 23.9 Å². The fourth-order valence-electron chi connectivity index (χ4n) is 2.29. The summed E-state index contributed by atoms with van der Waals surface area (Å²) in [7, 11) is 0. The number of aryl methyl sites for hydroxylation is 1. The molecular weight excluding hydrogens is 246 g/mol. The lowest BCUT2D eigenvalue weighted by Gasteiger charge is -2.09. The molecule has 2 aromatic rings. The van der Waals surface area contributed by atoms with Crippen molar-refractivity contribution < 1.29 is 0 Å². The van der Waals surface area contributed by atoms with Gasteiger partial charge in [-0.2, -0.15) is 0 Å². The van der Waals surface area contributed by atoms with Crippen molar-refractivity contribution in [3.63, 3.8) is 0 Å². The van der Waals surface area contributed by atoms with Crippen molar-refractivity contribution in [2.45, 2.75) is 26.4 Å². The van der Waals surface area contributed by atoms with Crippen molar-refractivity contribution in [3.05, 3.63) is 46.2 Å². The molecule has 0 amide bonds. The van der Waals surface area contributed by atoms with E-state index in [9.17, 15) is 0 Å². The topological polar surface area (TPSA) is 37.8 Å². The van der Waals surface area contributed by atoms with Crippen LogP contribution in [0.5, 0.6) is 0 Å². The number of hydrogen-bond donors (Lipinski definition) is 1. The van der Waals surface area contributed by atoms with Gasteiger partial charge in [-0.05, 0) is 18.6 Å². The molecule has 0 aliphatic carbocycles. The van der Waals surface area contributed by atoms with Crippen LogP contribution in [-0.2, 0) is 19.5 Å². The molecule has 0 fully saturated rings. The standard InChI is InChI=1S/C14H14ClN3/c1-2-12-10-7-16-8-13(10)18-14(17-12)9-5-3-4-6-11(9)15/h3-6,16H,2,7-8H2,1H3. The highest BCUT2D eigenvalue weighted by Gasteiger charge is 2.19. The maximum Gasteiger partial charge on any atom is 0.161 e. The monoisotopic (exact) mass is 259 g/mol. The van der Waals surface area contributed by atoms with Gasteiger partial charge < -0.3 is 5.32 Å². The van der Waals surface area contributed by atoms with E-state index in [1.165, 1.54) is 5.56 Å². The molecule has 0 bridgehead atoms. The van der Waals surface area contributed by atoms with Gasteiger partial charge in [-0.15, -0.1) is 0 Å². The van der Waals surface area contributed by atoms with Gasteiger partial charge >= 0.3 is 0 Å². The van der Waals surface area contributed by atoms with Gasteiger partial charge in [0.1, 0.15) is 0 Å². The second-order valence-corrected chi connectivity index (χ2v) is 4.76. The number of nitrogens with one attached hydrogen (secondary N) is 1. The maximum atomic E-state index is 6.21. The second-order valence-electron chi connectivity index (χ2n) is 4.36. The molecule has 18 heavy (non-hydrogen) atoms. The third-order valence-corrected chi connectivity index (χ3v) is 3.55. The lowest BCUT2D eigenvalue weighted by atomic mass is 10.1. The quantitative estimate of drug-likeness (QED) is 0.901. The smallest absolute Gasteiger partial charge is 0.161 e. The number of nitrogens with zero attached hydrogens (tertiary/aromatic N) is 2. The molecule has 3 rings (SSSR count). The Morgan fingerprint density at radius 2 is 2.06 bits per heavy atom. The van der Waals surface area contributed by atoms with Crippen LogP contribution in [0.4, 0.5) is 0 Å². The highest BCUT2D eigenvalue weighted by atomic mass is 35.5. The summed E-state index contributed by atoms with van der Waals surface area (Å²) in [6, 6.07) is 7.71. The van der Waals surface area contributed by atoms with Crippen molar-refractivity contribution in [1.82, 2.24) is 15.3 Å². The van der Waals surface area contributed by atoms with E-state index in [1.807, 2.05) is 24.3 Å². The summed E-state index contributed by atoms with van der Waals surface area (Å²) in [6.07, 6.45) is 0.921. The Labute approximate surface area is 111 Å². The first-order valence-corrected chi connectivity index (χ1v) is 6.51. The van der Waals surface area contributed by atoms with Gasteiger partial charge in [0.2, 0.25) is 0 Å². The number of rotatable bonds is 2. The lowest BCUT2D eigenvalue weighted by molar-refractivity contribution is 0.755. The van der Waals surface area contributed by atoms with Crippen molar-refractivity contribution in [1.29, 1.82) is 0 Å². The Balaban J connectivity index is 2.17. The lowest BCUT2D eigenvalue weighted by Crippen LogP contribution is -2.02. The molecule has 0 atom stereocenters. The number of benzene rings is 1. The SMILES string of the molecule is CCc1nc(-c2ccccc2Cl)nc2c1CNC2. The zero-order valence-corrected chi connectivity index (χ0v) is 11.0. The fourth-order valence-corrected chi connectivity index (χ4v) is 2.51. The van der Waals surface area contributed by atoms with Crippen molar-refractivity contribution >= 4 is 11.6 Å². The minimum Gasteiger partial charge on any atom is -0.307 e. The number of aromatic nitrogens is 2. The molecule has 3 nitrogen and oxygen atoms in total. The molecule has 1 aliphatic rings. The Morgan fingerprint density at radius 1 is 1.22 bits per heavy atom. The van der Waals surface area contributed by atoms with E-state index in [4.69, 9.17) is 11.6 Å². The first kappa shape index (κ1) is 11.6. The van der Waals surface area contributed by atoms with Gasteiger partial charge in [0.15, 0.2) is 5.82 Å². The molecule has 0 saturated carbocycles. The van der Waals surface area contributed by atoms with Crippen molar-refractivity contribution in [2.75, 3.05) is 0 Å². The summed E-state index contributed by atoms with van der Waals surface area (Å²) in [4.78, 5) is 9.29. The molecule has 1 N–H and O–H groups in total. The van der Waals surface area contributed by atoms with Gasteiger partial charge in [-0.25, -0.2) is 9.97 Å². The van der Waals surface area contributed by atoms with Gasteiger partial charge in [0.05, 0.1) is 10.7 Å². The zero-order valence-electron chi connectivity index (χ0n) is 10.2. The van der Waals surface area contributed by atoms with Crippen LogP contribution in [-0.4, -0.2) is 9.97 Å². The summed E-state index contributed by atoms with van der Waals surface area (Å²) < 4.78 is 0. The molecule has 0 saturated heterocycles. The van der Waals surface area contributed by atoms with Crippen LogP contribution in [0.2, 0.25) is 5.02 Å². The van der Waals surface area contributed by atoms with E-state index in [0.717, 1.165) is 42.3 Å². The minimum absolute atomic E-state index is 0.699. The molecule has 92 valence electrons. The van der Waals surface area contributed by atoms with E-state index >= 15 is 0 Å².